The second-order valence-corrected chi connectivity index (χ2v) is 7.94. The molecular weight excluding hydrogens is 326 g/mol. The fraction of sp³-hybridized carbons (Fsp3) is 0.714. The number of aliphatic hydroxyl groups is 1. The molecule has 5 nitrogen and oxygen atoms in total. The van der Waals surface area contributed by atoms with Crippen molar-refractivity contribution in [2.45, 2.75) is 33.4 Å². The normalized spacial score (nSPS) is 17.8. The summed E-state index contributed by atoms with van der Waals surface area (Å²) in [6.07, 6.45) is -0.449. The molecule has 1 N–H and O–H groups in total. The summed E-state index contributed by atoms with van der Waals surface area (Å²) in [6, 6.07) is 8.22. The van der Waals surface area contributed by atoms with Gasteiger partial charge in [0, 0.05) is 45.8 Å². The molecular formula is C21H37N3O2. The van der Waals surface area contributed by atoms with Gasteiger partial charge < -0.3 is 19.6 Å². The Labute approximate surface area is 159 Å². The van der Waals surface area contributed by atoms with Gasteiger partial charge in [-0.1, -0.05) is 32.9 Å². The molecule has 0 saturated carbocycles. The standard InChI is InChI=1S/C21H37N3O2/c1-5-23-9-11-24(12-10-23)16-20(25)17-26-21-8-6-7-19(13-21)15-22(4)14-18(2)3/h6-8,13,18,20,25H,5,9-12,14-17H2,1-4H3/t20-/m1/s1. The third-order valence-corrected chi connectivity index (χ3v) is 4.85. The highest BCUT2D eigenvalue weighted by molar-refractivity contribution is 5.28. The van der Waals surface area contributed by atoms with Crippen LogP contribution in [0.15, 0.2) is 24.3 Å². The molecule has 0 radical (unpaired) electrons. The Morgan fingerprint density at radius 2 is 1.85 bits per heavy atom. The Morgan fingerprint density at radius 1 is 1.15 bits per heavy atom. The van der Waals surface area contributed by atoms with Crippen molar-refractivity contribution in [1.29, 1.82) is 0 Å². The second-order valence-electron chi connectivity index (χ2n) is 7.94. The SMILES string of the molecule is CCN1CCN(C[C@@H](O)COc2cccc(CN(C)CC(C)C)c2)CC1. The second kappa shape index (κ2) is 10.9. The maximum absolute atomic E-state index is 10.3. The summed E-state index contributed by atoms with van der Waals surface area (Å²) >= 11 is 0. The maximum Gasteiger partial charge on any atom is 0.119 e. The molecule has 0 aromatic heterocycles. The summed E-state index contributed by atoms with van der Waals surface area (Å²) < 4.78 is 5.85. The number of benzene rings is 1. The van der Waals surface area contributed by atoms with Crippen molar-refractivity contribution >= 4 is 0 Å². The van der Waals surface area contributed by atoms with E-state index in [9.17, 15) is 5.11 Å². The van der Waals surface area contributed by atoms with Gasteiger partial charge in [-0.3, -0.25) is 4.90 Å². The number of nitrogens with zero attached hydrogens (tertiary/aromatic N) is 3. The van der Waals surface area contributed by atoms with Crippen molar-refractivity contribution in [3.8, 4) is 5.75 Å². The first-order chi connectivity index (χ1) is 12.5. The quantitative estimate of drug-likeness (QED) is 0.690. The topological polar surface area (TPSA) is 39.2 Å². The lowest BCUT2D eigenvalue weighted by Gasteiger charge is -2.34. The van der Waals surface area contributed by atoms with Gasteiger partial charge >= 0.3 is 0 Å². The molecule has 1 aromatic rings. The van der Waals surface area contributed by atoms with E-state index >= 15 is 0 Å². The number of rotatable bonds is 10. The van der Waals surface area contributed by atoms with Crippen LogP contribution in [0.1, 0.15) is 26.3 Å². The first-order valence-corrected chi connectivity index (χ1v) is 9.99. The molecule has 1 aliphatic heterocycles. The van der Waals surface area contributed by atoms with Crippen molar-refractivity contribution in [2.24, 2.45) is 5.92 Å². The Morgan fingerprint density at radius 3 is 2.50 bits per heavy atom. The van der Waals surface area contributed by atoms with E-state index < -0.39 is 6.10 Å². The van der Waals surface area contributed by atoms with Crippen LogP contribution in [0.4, 0.5) is 0 Å². The molecule has 1 aromatic carbocycles. The minimum Gasteiger partial charge on any atom is -0.491 e. The van der Waals surface area contributed by atoms with Crippen molar-refractivity contribution < 1.29 is 9.84 Å². The van der Waals surface area contributed by atoms with Crippen LogP contribution in [0.25, 0.3) is 0 Å². The molecule has 0 unspecified atom stereocenters. The van der Waals surface area contributed by atoms with E-state index in [4.69, 9.17) is 4.74 Å². The van der Waals surface area contributed by atoms with Crippen molar-refractivity contribution in [3.63, 3.8) is 0 Å². The molecule has 148 valence electrons. The van der Waals surface area contributed by atoms with Crippen LogP contribution in [-0.4, -0.2) is 85.4 Å². The third-order valence-electron chi connectivity index (χ3n) is 4.85. The summed E-state index contributed by atoms with van der Waals surface area (Å²) in [5.41, 5.74) is 1.25. The van der Waals surface area contributed by atoms with E-state index in [0.29, 0.717) is 19.1 Å². The van der Waals surface area contributed by atoms with Crippen LogP contribution in [0.3, 0.4) is 0 Å². The first-order valence-electron chi connectivity index (χ1n) is 9.99. The Balaban J connectivity index is 1.74. The zero-order chi connectivity index (χ0) is 18.9. The lowest BCUT2D eigenvalue weighted by atomic mass is 10.1. The smallest absolute Gasteiger partial charge is 0.119 e. The van der Waals surface area contributed by atoms with Crippen LogP contribution in [0, 0.1) is 5.92 Å². The first kappa shape index (κ1) is 21.2. The van der Waals surface area contributed by atoms with Gasteiger partial charge in [-0.15, -0.1) is 0 Å². The fourth-order valence-corrected chi connectivity index (χ4v) is 3.56. The van der Waals surface area contributed by atoms with Gasteiger partial charge in [0.25, 0.3) is 0 Å². The van der Waals surface area contributed by atoms with Gasteiger partial charge in [-0.2, -0.15) is 0 Å². The molecule has 0 spiro atoms. The highest BCUT2D eigenvalue weighted by Crippen LogP contribution is 2.15. The van der Waals surface area contributed by atoms with Crippen molar-refractivity contribution in [1.82, 2.24) is 14.7 Å². The number of likely N-dealkylation sites (N-methyl/N-ethyl adjacent to an activating group) is 1. The van der Waals surface area contributed by atoms with Crippen LogP contribution in [-0.2, 0) is 6.54 Å². The molecule has 0 aliphatic carbocycles. The van der Waals surface area contributed by atoms with E-state index in [1.165, 1.54) is 5.56 Å². The predicted molar refractivity (Wildman–Crippen MR) is 108 cm³/mol. The Hall–Kier alpha value is -1.14. The highest BCUT2D eigenvalue weighted by atomic mass is 16.5. The van der Waals surface area contributed by atoms with Crippen LogP contribution >= 0.6 is 0 Å². The number of hydrogen-bond acceptors (Lipinski definition) is 5. The zero-order valence-electron chi connectivity index (χ0n) is 17.0. The van der Waals surface area contributed by atoms with Gasteiger partial charge in [0.2, 0.25) is 0 Å². The van der Waals surface area contributed by atoms with Crippen LogP contribution in [0.5, 0.6) is 5.75 Å². The molecule has 2 rings (SSSR count). The molecule has 1 fully saturated rings. The van der Waals surface area contributed by atoms with Gasteiger partial charge in [0.1, 0.15) is 18.5 Å². The van der Waals surface area contributed by atoms with Crippen molar-refractivity contribution in [2.75, 3.05) is 59.5 Å². The lowest BCUT2D eigenvalue weighted by molar-refractivity contribution is 0.0470. The highest BCUT2D eigenvalue weighted by Gasteiger charge is 2.18. The van der Waals surface area contributed by atoms with E-state index in [-0.39, 0.29) is 0 Å². The number of ether oxygens (including phenoxy) is 1. The molecule has 1 atom stereocenters. The summed E-state index contributed by atoms with van der Waals surface area (Å²) in [5, 5.41) is 10.3. The monoisotopic (exact) mass is 363 g/mol. The number of piperazine rings is 1. The average Bonchev–Trinajstić information content (AvgIpc) is 2.60. The van der Waals surface area contributed by atoms with E-state index in [1.807, 2.05) is 12.1 Å². The summed E-state index contributed by atoms with van der Waals surface area (Å²) in [7, 11) is 2.15. The van der Waals surface area contributed by atoms with Gasteiger partial charge in [-0.05, 0) is 37.2 Å². The fourth-order valence-electron chi connectivity index (χ4n) is 3.56. The summed E-state index contributed by atoms with van der Waals surface area (Å²) in [6.45, 7) is 15.1. The van der Waals surface area contributed by atoms with Gasteiger partial charge in [0.15, 0.2) is 0 Å². The zero-order valence-corrected chi connectivity index (χ0v) is 17.0. The minimum atomic E-state index is -0.449. The molecule has 1 aliphatic rings. The predicted octanol–water partition coefficient (Wildman–Crippen LogP) is 2.15. The van der Waals surface area contributed by atoms with Crippen molar-refractivity contribution in [3.05, 3.63) is 29.8 Å². The minimum absolute atomic E-state index is 0.347. The molecule has 26 heavy (non-hydrogen) atoms. The van der Waals surface area contributed by atoms with Gasteiger partial charge in [-0.25, -0.2) is 0 Å². The van der Waals surface area contributed by atoms with E-state index in [0.717, 1.165) is 51.6 Å². The Kier molecular flexibility index (Phi) is 8.85. The Bertz CT molecular complexity index is 516. The number of aliphatic hydroxyl groups excluding tert-OH is 1. The van der Waals surface area contributed by atoms with E-state index in [1.54, 1.807) is 0 Å². The molecule has 1 heterocycles. The molecule has 5 heteroatoms. The largest absolute Gasteiger partial charge is 0.491 e. The van der Waals surface area contributed by atoms with Crippen LogP contribution < -0.4 is 4.74 Å². The summed E-state index contributed by atoms with van der Waals surface area (Å²) in [4.78, 5) is 7.10. The average molecular weight is 364 g/mol. The maximum atomic E-state index is 10.3. The number of β-amino-alcohol motifs (C(OH)–C–C–N with tert-alkyl or cyclic N) is 1. The molecule has 1 saturated heterocycles. The van der Waals surface area contributed by atoms with Crippen LogP contribution in [0.2, 0.25) is 0 Å². The van der Waals surface area contributed by atoms with E-state index in [2.05, 4.69) is 54.7 Å². The third kappa shape index (κ3) is 7.62. The molecule has 0 bridgehead atoms. The molecule has 0 amide bonds. The summed E-state index contributed by atoms with van der Waals surface area (Å²) in [5.74, 6) is 1.50. The van der Waals surface area contributed by atoms with Gasteiger partial charge in [0.05, 0.1) is 0 Å². The number of hydrogen-bond donors (Lipinski definition) is 1. The lowest BCUT2D eigenvalue weighted by Crippen LogP contribution is -2.49.